The molecule has 0 aliphatic heterocycles. The summed E-state index contributed by atoms with van der Waals surface area (Å²) in [7, 11) is -5.80. The van der Waals surface area contributed by atoms with Crippen molar-refractivity contribution in [2.75, 3.05) is 0 Å². The number of hydrogen-bond donors (Lipinski definition) is 0. The summed E-state index contributed by atoms with van der Waals surface area (Å²) in [5.74, 6) is -1.00. The number of pyridine rings is 1. The highest BCUT2D eigenvalue weighted by Crippen LogP contribution is 2.35. The molecule has 2 aromatic rings. The fraction of sp³-hybridized carbons (Fsp3) is 0.333. The van der Waals surface area contributed by atoms with Gasteiger partial charge in [0, 0.05) is 11.1 Å². The van der Waals surface area contributed by atoms with Crippen LogP contribution in [0.5, 0.6) is 0 Å². The van der Waals surface area contributed by atoms with E-state index in [9.17, 15) is 26.4 Å². The molecule has 6 nitrogen and oxygen atoms in total. The maximum absolute atomic E-state index is 12.8. The largest absolute Gasteiger partial charge is 0.534 e. The molecule has 1 aromatic carbocycles. The van der Waals surface area contributed by atoms with Crippen LogP contribution in [-0.2, 0) is 25.5 Å². The fourth-order valence-electron chi connectivity index (χ4n) is 2.94. The van der Waals surface area contributed by atoms with Gasteiger partial charge in [-0.15, -0.1) is 0 Å². The second kappa shape index (κ2) is 7.99. The molecule has 166 valence electrons. The Balaban J connectivity index is 1.96. The number of carbonyl (C=O) groups is 1. The summed E-state index contributed by atoms with van der Waals surface area (Å²) in [6.07, 6.45) is 2.15. The molecule has 0 saturated heterocycles. The Labute approximate surface area is 177 Å². The SMILES string of the molecule is CC(C)(C)OC(=O)c1cccc(-c2ccc3c(c2)C(OS(=O)(=O)C(F)(F)F)=CCC3)n1. The van der Waals surface area contributed by atoms with Crippen LogP contribution in [0.3, 0.4) is 0 Å². The zero-order valence-corrected chi connectivity index (χ0v) is 17.8. The molecule has 1 heterocycles. The monoisotopic (exact) mass is 455 g/mol. The fourth-order valence-corrected chi connectivity index (χ4v) is 3.42. The highest BCUT2D eigenvalue weighted by Gasteiger charge is 2.49. The molecule has 0 N–H and O–H groups in total. The Morgan fingerprint density at radius 1 is 1.10 bits per heavy atom. The minimum Gasteiger partial charge on any atom is -0.455 e. The summed E-state index contributed by atoms with van der Waals surface area (Å²) < 4.78 is 70.9. The third-order valence-electron chi connectivity index (χ3n) is 4.25. The van der Waals surface area contributed by atoms with Crippen LogP contribution in [-0.4, -0.2) is 30.5 Å². The van der Waals surface area contributed by atoms with Crippen molar-refractivity contribution in [1.29, 1.82) is 0 Å². The van der Waals surface area contributed by atoms with Crippen molar-refractivity contribution in [3.8, 4) is 11.3 Å². The molecule has 0 spiro atoms. The minimum atomic E-state index is -5.80. The summed E-state index contributed by atoms with van der Waals surface area (Å²) in [5, 5.41) is 0. The van der Waals surface area contributed by atoms with Gasteiger partial charge in [-0.05, 0) is 63.5 Å². The van der Waals surface area contributed by atoms with Crippen LogP contribution in [0.1, 0.15) is 48.8 Å². The van der Waals surface area contributed by atoms with Gasteiger partial charge in [0.05, 0.1) is 5.69 Å². The van der Waals surface area contributed by atoms with E-state index in [1.807, 2.05) is 0 Å². The molecule has 3 rings (SSSR count). The molecule has 0 bridgehead atoms. The van der Waals surface area contributed by atoms with Crippen LogP contribution < -0.4 is 0 Å². The number of benzene rings is 1. The lowest BCUT2D eigenvalue weighted by molar-refractivity contribution is -0.0509. The number of ether oxygens (including phenoxy) is 1. The number of esters is 1. The van der Waals surface area contributed by atoms with Crippen LogP contribution >= 0.6 is 0 Å². The average molecular weight is 455 g/mol. The van der Waals surface area contributed by atoms with E-state index in [0.717, 1.165) is 0 Å². The Morgan fingerprint density at radius 2 is 1.81 bits per heavy atom. The minimum absolute atomic E-state index is 0.0665. The smallest absolute Gasteiger partial charge is 0.455 e. The molecule has 1 aliphatic carbocycles. The zero-order valence-electron chi connectivity index (χ0n) is 17.0. The number of alkyl halides is 3. The molecule has 0 fully saturated rings. The number of halogens is 3. The van der Waals surface area contributed by atoms with Crippen molar-refractivity contribution < 1.29 is 35.3 Å². The quantitative estimate of drug-likeness (QED) is 0.372. The van der Waals surface area contributed by atoms with E-state index >= 15 is 0 Å². The van der Waals surface area contributed by atoms with Gasteiger partial charge in [-0.3, -0.25) is 0 Å². The second-order valence-electron chi connectivity index (χ2n) is 7.87. The van der Waals surface area contributed by atoms with Crippen LogP contribution in [0.2, 0.25) is 0 Å². The summed E-state index contributed by atoms with van der Waals surface area (Å²) in [4.78, 5) is 16.6. The van der Waals surface area contributed by atoms with E-state index in [-0.39, 0.29) is 17.0 Å². The lowest BCUT2D eigenvalue weighted by Crippen LogP contribution is -2.25. The van der Waals surface area contributed by atoms with Gasteiger partial charge >= 0.3 is 21.6 Å². The molecular formula is C21H20F3NO5S. The lowest BCUT2D eigenvalue weighted by Gasteiger charge is -2.20. The molecule has 0 atom stereocenters. The molecule has 0 unspecified atom stereocenters. The van der Waals surface area contributed by atoms with E-state index in [4.69, 9.17) is 4.74 Å². The molecule has 1 aliphatic rings. The Bertz CT molecular complexity index is 1150. The number of fused-ring (bicyclic) bond motifs is 1. The van der Waals surface area contributed by atoms with E-state index in [1.165, 1.54) is 18.2 Å². The first-order chi connectivity index (χ1) is 14.3. The van der Waals surface area contributed by atoms with Gasteiger partial charge in [0.15, 0.2) is 0 Å². The van der Waals surface area contributed by atoms with Gasteiger partial charge in [-0.1, -0.05) is 18.2 Å². The number of aryl methyl sites for hydroxylation is 1. The molecule has 31 heavy (non-hydrogen) atoms. The molecule has 0 amide bonds. The predicted molar refractivity (Wildman–Crippen MR) is 107 cm³/mol. The zero-order chi connectivity index (χ0) is 23.0. The topological polar surface area (TPSA) is 82.6 Å². The van der Waals surface area contributed by atoms with Gasteiger partial charge in [0.2, 0.25) is 0 Å². The van der Waals surface area contributed by atoms with Crippen molar-refractivity contribution in [2.45, 2.75) is 44.7 Å². The molecule has 0 radical (unpaired) electrons. The Kier molecular flexibility index (Phi) is 5.88. The molecular weight excluding hydrogens is 435 g/mol. The van der Waals surface area contributed by atoms with Crippen LogP contribution in [0, 0.1) is 0 Å². The van der Waals surface area contributed by atoms with E-state index < -0.39 is 27.2 Å². The average Bonchev–Trinajstić information content (AvgIpc) is 2.65. The number of carbonyl (C=O) groups excluding carboxylic acids is 1. The van der Waals surface area contributed by atoms with Crippen molar-refractivity contribution >= 4 is 21.8 Å². The third-order valence-corrected chi connectivity index (χ3v) is 5.22. The first-order valence-electron chi connectivity index (χ1n) is 9.32. The van der Waals surface area contributed by atoms with Crippen molar-refractivity contribution in [2.24, 2.45) is 0 Å². The van der Waals surface area contributed by atoms with Crippen LogP contribution in [0.4, 0.5) is 13.2 Å². The van der Waals surface area contributed by atoms with E-state index in [2.05, 4.69) is 9.17 Å². The lowest BCUT2D eigenvalue weighted by atomic mass is 9.93. The summed E-state index contributed by atoms with van der Waals surface area (Å²) >= 11 is 0. The summed E-state index contributed by atoms with van der Waals surface area (Å²) in [6, 6.07) is 9.57. The van der Waals surface area contributed by atoms with Gasteiger partial charge in [-0.25, -0.2) is 9.78 Å². The third kappa shape index (κ3) is 5.25. The highest BCUT2D eigenvalue weighted by molar-refractivity contribution is 7.87. The summed E-state index contributed by atoms with van der Waals surface area (Å²) in [5.41, 5.74) is -4.46. The molecule has 10 heteroatoms. The predicted octanol–water partition coefficient (Wildman–Crippen LogP) is 4.86. The second-order valence-corrected chi connectivity index (χ2v) is 9.41. The first kappa shape index (κ1) is 22.8. The molecule has 1 aromatic heterocycles. The number of allylic oxidation sites excluding steroid dienone is 1. The van der Waals surface area contributed by atoms with Crippen molar-refractivity contribution in [1.82, 2.24) is 4.98 Å². The molecule has 0 saturated carbocycles. The van der Waals surface area contributed by atoms with Crippen LogP contribution in [0.25, 0.3) is 17.0 Å². The number of nitrogens with zero attached hydrogens (tertiary/aromatic N) is 1. The van der Waals surface area contributed by atoms with E-state index in [0.29, 0.717) is 29.7 Å². The van der Waals surface area contributed by atoms with Gasteiger partial charge < -0.3 is 8.92 Å². The standard InChI is InChI=1S/C21H20F3NO5S/c1-20(2,3)29-19(26)17-8-5-7-16(25-17)14-11-10-13-6-4-9-18(15(13)12-14)30-31(27,28)21(22,23)24/h5,7-12H,4,6H2,1-3H3. The maximum atomic E-state index is 12.8. The van der Waals surface area contributed by atoms with Crippen LogP contribution in [0.15, 0.2) is 42.5 Å². The van der Waals surface area contributed by atoms with Crippen molar-refractivity contribution in [3.63, 3.8) is 0 Å². The highest BCUT2D eigenvalue weighted by atomic mass is 32.2. The Morgan fingerprint density at radius 3 is 2.45 bits per heavy atom. The van der Waals surface area contributed by atoms with Gasteiger partial charge in [0.1, 0.15) is 17.1 Å². The number of hydrogen-bond acceptors (Lipinski definition) is 6. The number of aromatic nitrogens is 1. The van der Waals surface area contributed by atoms with E-state index in [1.54, 1.807) is 45.0 Å². The van der Waals surface area contributed by atoms with Crippen molar-refractivity contribution in [3.05, 3.63) is 59.3 Å². The first-order valence-corrected chi connectivity index (χ1v) is 10.7. The summed E-state index contributed by atoms with van der Waals surface area (Å²) in [6.45, 7) is 5.17. The van der Waals surface area contributed by atoms with Gasteiger partial charge in [-0.2, -0.15) is 21.6 Å². The van der Waals surface area contributed by atoms with Gasteiger partial charge in [0.25, 0.3) is 0 Å². The Hall–Kier alpha value is -2.88. The number of rotatable bonds is 4. The normalized spacial score (nSPS) is 14.5. The maximum Gasteiger partial charge on any atom is 0.534 e.